The van der Waals surface area contributed by atoms with E-state index in [1.54, 1.807) is 6.92 Å². The first-order chi connectivity index (χ1) is 8.45. The fourth-order valence-electron chi connectivity index (χ4n) is 2.32. The van der Waals surface area contributed by atoms with Crippen LogP contribution in [0.25, 0.3) is 0 Å². The number of rotatable bonds is 3. The van der Waals surface area contributed by atoms with Gasteiger partial charge in [-0.15, -0.1) is 0 Å². The fourth-order valence-corrected chi connectivity index (χ4v) is 2.32. The molecule has 3 heteroatoms. The Labute approximate surface area is 107 Å². The lowest BCUT2D eigenvalue weighted by molar-refractivity contribution is -0.149. The Hall–Kier alpha value is -1.64. The lowest BCUT2D eigenvalue weighted by Gasteiger charge is -2.18. The minimum atomic E-state index is -1.03. The summed E-state index contributed by atoms with van der Waals surface area (Å²) in [5.41, 5.74) is -0.0502. The lowest BCUT2D eigenvalue weighted by Crippen LogP contribution is -2.35. The zero-order valence-electron chi connectivity index (χ0n) is 11.0. The molecule has 1 heterocycles. The minimum absolute atomic E-state index is 0.0269. The summed E-state index contributed by atoms with van der Waals surface area (Å²) in [6, 6.07) is 9.58. The molecule has 2 rings (SSSR count). The van der Waals surface area contributed by atoms with Gasteiger partial charge in [-0.2, -0.15) is 0 Å². The molecule has 0 aromatic heterocycles. The molecule has 3 nitrogen and oxygen atoms in total. The monoisotopic (exact) mass is 246 g/mol. The topological polar surface area (TPSA) is 43.4 Å². The predicted octanol–water partition coefficient (Wildman–Crippen LogP) is 2.39. The van der Waals surface area contributed by atoms with Crippen molar-refractivity contribution in [2.45, 2.75) is 33.3 Å². The first-order valence-corrected chi connectivity index (χ1v) is 6.24. The first-order valence-electron chi connectivity index (χ1n) is 6.24. The van der Waals surface area contributed by atoms with Crippen molar-refractivity contribution in [3.05, 3.63) is 35.9 Å². The Balaban J connectivity index is 2.26. The molecule has 1 aliphatic heterocycles. The van der Waals surface area contributed by atoms with E-state index in [2.05, 4.69) is 0 Å². The van der Waals surface area contributed by atoms with Gasteiger partial charge in [0.2, 0.25) is 0 Å². The van der Waals surface area contributed by atoms with Crippen LogP contribution in [0, 0.1) is 11.3 Å². The Morgan fingerprint density at radius 1 is 1.22 bits per heavy atom. The number of hydrogen-bond donors (Lipinski definition) is 0. The van der Waals surface area contributed by atoms with E-state index in [0.29, 0.717) is 6.42 Å². The molecule has 1 aromatic carbocycles. The Morgan fingerprint density at radius 3 is 2.33 bits per heavy atom. The van der Waals surface area contributed by atoms with Crippen molar-refractivity contribution >= 4 is 11.8 Å². The second-order valence-electron chi connectivity index (χ2n) is 5.43. The summed E-state index contributed by atoms with van der Waals surface area (Å²) in [4.78, 5) is 24.3. The number of Topliss-reactive ketones (excluding diaryl/α,β-unsaturated/α-hetero) is 1. The van der Waals surface area contributed by atoms with E-state index in [1.807, 2.05) is 44.2 Å². The maximum Gasteiger partial charge on any atom is 0.320 e. The molecule has 96 valence electrons. The smallest absolute Gasteiger partial charge is 0.320 e. The van der Waals surface area contributed by atoms with Gasteiger partial charge in [-0.3, -0.25) is 9.59 Å². The molecule has 0 amide bonds. The maximum absolute atomic E-state index is 12.3. The van der Waals surface area contributed by atoms with Gasteiger partial charge in [0.1, 0.15) is 5.41 Å². The molecule has 1 aliphatic rings. The number of carbonyl (C=O) groups is 2. The number of esters is 1. The van der Waals surface area contributed by atoms with E-state index in [-0.39, 0.29) is 11.7 Å². The van der Waals surface area contributed by atoms with E-state index in [4.69, 9.17) is 4.74 Å². The lowest BCUT2D eigenvalue weighted by atomic mass is 9.78. The van der Waals surface area contributed by atoms with Crippen molar-refractivity contribution < 1.29 is 14.3 Å². The zero-order valence-corrected chi connectivity index (χ0v) is 11.0. The van der Waals surface area contributed by atoms with Gasteiger partial charge in [-0.1, -0.05) is 44.2 Å². The summed E-state index contributed by atoms with van der Waals surface area (Å²) in [6.45, 7) is 5.47. The summed E-state index contributed by atoms with van der Waals surface area (Å²) < 4.78 is 5.23. The molecule has 1 fully saturated rings. The van der Waals surface area contributed by atoms with Gasteiger partial charge in [-0.25, -0.2) is 0 Å². The summed E-state index contributed by atoms with van der Waals surface area (Å²) in [5.74, 6) is -0.458. The van der Waals surface area contributed by atoms with Crippen LogP contribution in [-0.4, -0.2) is 17.9 Å². The van der Waals surface area contributed by atoms with Crippen LogP contribution >= 0.6 is 0 Å². The van der Waals surface area contributed by atoms with E-state index in [1.165, 1.54) is 0 Å². The number of cyclic esters (lactones) is 1. The van der Waals surface area contributed by atoms with Crippen LogP contribution in [0.15, 0.2) is 30.3 Å². The zero-order chi connectivity index (χ0) is 13.3. The molecule has 0 aliphatic carbocycles. The van der Waals surface area contributed by atoms with Gasteiger partial charge < -0.3 is 4.74 Å². The molecule has 0 bridgehead atoms. The quantitative estimate of drug-likeness (QED) is 0.607. The Morgan fingerprint density at radius 2 is 1.83 bits per heavy atom. The molecule has 1 aromatic rings. The summed E-state index contributed by atoms with van der Waals surface area (Å²) in [5, 5.41) is 0. The van der Waals surface area contributed by atoms with Gasteiger partial charge in [0, 0.05) is 0 Å². The van der Waals surface area contributed by atoms with Crippen molar-refractivity contribution in [3.63, 3.8) is 0 Å². The van der Waals surface area contributed by atoms with Crippen LogP contribution in [0.2, 0.25) is 0 Å². The van der Waals surface area contributed by atoms with Crippen LogP contribution in [0.3, 0.4) is 0 Å². The highest BCUT2D eigenvalue weighted by atomic mass is 16.6. The van der Waals surface area contributed by atoms with Crippen LogP contribution in [0.4, 0.5) is 0 Å². The van der Waals surface area contributed by atoms with Crippen LogP contribution < -0.4 is 0 Å². The number of benzene rings is 1. The Kier molecular flexibility index (Phi) is 3.24. The molecule has 0 saturated carbocycles. The first kappa shape index (κ1) is 12.8. The average molecular weight is 246 g/mol. The number of hydrogen-bond acceptors (Lipinski definition) is 3. The molecule has 2 atom stereocenters. The third kappa shape index (κ3) is 2.05. The summed E-state index contributed by atoms with van der Waals surface area (Å²) in [7, 11) is 0. The molecule has 0 radical (unpaired) electrons. The molecule has 1 saturated heterocycles. The van der Waals surface area contributed by atoms with Gasteiger partial charge >= 0.3 is 5.97 Å². The van der Waals surface area contributed by atoms with Crippen LogP contribution in [0.5, 0.6) is 0 Å². The molecule has 0 spiro atoms. The van der Waals surface area contributed by atoms with Crippen LogP contribution in [0.1, 0.15) is 26.3 Å². The van der Waals surface area contributed by atoms with Crippen molar-refractivity contribution in [1.29, 1.82) is 0 Å². The highest BCUT2D eigenvalue weighted by molar-refractivity contribution is 6.10. The second kappa shape index (κ2) is 4.56. The van der Waals surface area contributed by atoms with Gasteiger partial charge in [0.25, 0.3) is 0 Å². The van der Waals surface area contributed by atoms with Crippen LogP contribution in [-0.2, 0) is 20.7 Å². The largest absolute Gasteiger partial charge is 0.453 e. The van der Waals surface area contributed by atoms with Gasteiger partial charge in [-0.05, 0) is 24.8 Å². The summed E-state index contributed by atoms with van der Waals surface area (Å²) >= 11 is 0. The van der Waals surface area contributed by atoms with Gasteiger partial charge in [0.05, 0.1) is 0 Å². The average Bonchev–Trinajstić information content (AvgIpc) is 2.55. The maximum atomic E-state index is 12.3. The van der Waals surface area contributed by atoms with Crippen molar-refractivity contribution in [3.8, 4) is 0 Å². The van der Waals surface area contributed by atoms with E-state index >= 15 is 0 Å². The number of ketones is 1. The standard InChI is InChI=1S/C15H18O3/c1-10(2)12-13(16)15(3,14(17)18-12)9-11-7-5-4-6-8-11/h4-8,10,12H,9H2,1-3H3/t12-,15-/m0/s1. The number of carbonyl (C=O) groups excluding carboxylic acids is 2. The van der Waals surface area contributed by atoms with E-state index in [9.17, 15) is 9.59 Å². The number of ether oxygens (including phenoxy) is 1. The molecule has 0 unspecified atom stereocenters. The molecular weight excluding hydrogens is 228 g/mol. The summed E-state index contributed by atoms with van der Waals surface area (Å²) in [6.07, 6.45) is -0.180. The third-order valence-corrected chi connectivity index (χ3v) is 3.49. The van der Waals surface area contributed by atoms with E-state index < -0.39 is 17.5 Å². The third-order valence-electron chi connectivity index (χ3n) is 3.49. The highest BCUT2D eigenvalue weighted by Gasteiger charge is 2.54. The fraction of sp³-hybridized carbons (Fsp3) is 0.467. The van der Waals surface area contributed by atoms with Crippen molar-refractivity contribution in [2.75, 3.05) is 0 Å². The second-order valence-corrected chi connectivity index (χ2v) is 5.43. The molecule has 0 N–H and O–H groups in total. The SMILES string of the molecule is CC(C)[C@@H]1OC(=O)[C@@](C)(Cc2ccccc2)C1=O. The molecule has 18 heavy (non-hydrogen) atoms. The minimum Gasteiger partial charge on any atom is -0.453 e. The van der Waals surface area contributed by atoms with Crippen molar-refractivity contribution in [2.24, 2.45) is 11.3 Å². The Bertz CT molecular complexity index is 464. The predicted molar refractivity (Wildman–Crippen MR) is 68.0 cm³/mol. The van der Waals surface area contributed by atoms with E-state index in [0.717, 1.165) is 5.56 Å². The highest BCUT2D eigenvalue weighted by Crippen LogP contribution is 2.36. The van der Waals surface area contributed by atoms with Gasteiger partial charge in [0.15, 0.2) is 11.9 Å². The normalized spacial score (nSPS) is 27.7. The molecular formula is C15H18O3. The van der Waals surface area contributed by atoms with Crippen molar-refractivity contribution in [1.82, 2.24) is 0 Å².